The number of hydrogen-bond acceptors (Lipinski definition) is 4. The van der Waals surface area contributed by atoms with Gasteiger partial charge in [-0.15, -0.1) is 12.4 Å². The highest BCUT2D eigenvalue weighted by Crippen LogP contribution is 2.13. The molecule has 6 nitrogen and oxygen atoms in total. The SMILES string of the molecule is Cl.O=C(NCC1CCCN1)c1cccc([N+](=O)[O-])c1. The predicted octanol–water partition coefficient (Wildman–Crippen LogP) is 1.50. The van der Waals surface area contributed by atoms with Crippen LogP contribution in [0.25, 0.3) is 0 Å². The summed E-state index contributed by atoms with van der Waals surface area (Å²) in [6, 6.07) is 6.06. The van der Waals surface area contributed by atoms with Crippen molar-refractivity contribution in [3.05, 3.63) is 39.9 Å². The van der Waals surface area contributed by atoms with Gasteiger partial charge in [0.1, 0.15) is 0 Å². The molecule has 1 saturated heterocycles. The molecule has 1 aliphatic rings. The van der Waals surface area contributed by atoms with E-state index in [0.717, 1.165) is 19.4 Å². The van der Waals surface area contributed by atoms with Crippen LogP contribution in [-0.2, 0) is 0 Å². The van der Waals surface area contributed by atoms with E-state index < -0.39 is 4.92 Å². The molecular formula is C12H16ClN3O3. The highest BCUT2D eigenvalue weighted by molar-refractivity contribution is 5.94. The van der Waals surface area contributed by atoms with E-state index in [-0.39, 0.29) is 24.0 Å². The summed E-state index contributed by atoms with van der Waals surface area (Å²) in [6.45, 7) is 1.54. The van der Waals surface area contributed by atoms with Crippen LogP contribution in [0.3, 0.4) is 0 Å². The maximum absolute atomic E-state index is 11.8. The molecule has 1 amide bonds. The first-order valence-corrected chi connectivity index (χ1v) is 5.93. The van der Waals surface area contributed by atoms with Crippen molar-refractivity contribution >= 4 is 24.0 Å². The first-order chi connectivity index (χ1) is 8.66. The van der Waals surface area contributed by atoms with Crippen molar-refractivity contribution in [3.63, 3.8) is 0 Å². The van der Waals surface area contributed by atoms with Gasteiger partial charge in [0.05, 0.1) is 4.92 Å². The summed E-state index contributed by atoms with van der Waals surface area (Å²) in [5.41, 5.74) is 0.254. The Kier molecular flexibility index (Phi) is 5.72. The van der Waals surface area contributed by atoms with Crippen molar-refractivity contribution in [1.82, 2.24) is 10.6 Å². The highest BCUT2D eigenvalue weighted by Gasteiger charge is 2.16. The average Bonchev–Trinajstić information content (AvgIpc) is 2.89. The van der Waals surface area contributed by atoms with Gasteiger partial charge < -0.3 is 10.6 Å². The quantitative estimate of drug-likeness (QED) is 0.648. The fraction of sp³-hybridized carbons (Fsp3) is 0.417. The van der Waals surface area contributed by atoms with E-state index in [1.54, 1.807) is 6.07 Å². The summed E-state index contributed by atoms with van der Waals surface area (Å²) in [5.74, 6) is -0.271. The molecule has 0 aliphatic carbocycles. The smallest absolute Gasteiger partial charge is 0.270 e. The molecule has 7 heteroatoms. The molecule has 1 heterocycles. The Morgan fingerprint density at radius 3 is 2.95 bits per heavy atom. The van der Waals surface area contributed by atoms with E-state index in [0.29, 0.717) is 18.2 Å². The highest BCUT2D eigenvalue weighted by atomic mass is 35.5. The molecule has 0 bridgehead atoms. The molecular weight excluding hydrogens is 270 g/mol. The fourth-order valence-corrected chi connectivity index (χ4v) is 2.01. The summed E-state index contributed by atoms with van der Waals surface area (Å²) in [6.07, 6.45) is 2.17. The van der Waals surface area contributed by atoms with Crippen LogP contribution >= 0.6 is 12.4 Å². The number of nitrogens with zero attached hydrogens (tertiary/aromatic N) is 1. The van der Waals surface area contributed by atoms with Crippen molar-refractivity contribution in [3.8, 4) is 0 Å². The van der Waals surface area contributed by atoms with Gasteiger partial charge in [-0.2, -0.15) is 0 Å². The maximum atomic E-state index is 11.8. The van der Waals surface area contributed by atoms with Crippen molar-refractivity contribution in [2.75, 3.05) is 13.1 Å². The summed E-state index contributed by atoms with van der Waals surface area (Å²) in [4.78, 5) is 21.9. The van der Waals surface area contributed by atoms with Crippen LogP contribution in [0.1, 0.15) is 23.2 Å². The molecule has 0 spiro atoms. The molecule has 2 rings (SSSR count). The molecule has 1 fully saturated rings. The molecule has 104 valence electrons. The number of nitro benzene ring substituents is 1. The van der Waals surface area contributed by atoms with Crippen LogP contribution < -0.4 is 10.6 Å². The number of carbonyl (C=O) groups excluding carboxylic acids is 1. The van der Waals surface area contributed by atoms with Crippen LogP contribution in [0.4, 0.5) is 5.69 Å². The van der Waals surface area contributed by atoms with E-state index in [9.17, 15) is 14.9 Å². The number of non-ortho nitro benzene ring substituents is 1. The Balaban J connectivity index is 0.00000180. The van der Waals surface area contributed by atoms with Crippen LogP contribution in [0.2, 0.25) is 0 Å². The number of nitrogens with one attached hydrogen (secondary N) is 2. The van der Waals surface area contributed by atoms with Gasteiger partial charge in [-0.25, -0.2) is 0 Å². The van der Waals surface area contributed by atoms with Crippen LogP contribution in [0.5, 0.6) is 0 Å². The van der Waals surface area contributed by atoms with Gasteiger partial charge in [0.2, 0.25) is 0 Å². The fourth-order valence-electron chi connectivity index (χ4n) is 2.01. The first kappa shape index (κ1) is 15.4. The second-order valence-electron chi connectivity index (χ2n) is 4.31. The summed E-state index contributed by atoms with van der Waals surface area (Å²) in [5, 5.41) is 16.7. The lowest BCUT2D eigenvalue weighted by atomic mass is 10.1. The Labute approximate surface area is 117 Å². The number of amides is 1. The second kappa shape index (κ2) is 7.06. The molecule has 0 saturated carbocycles. The first-order valence-electron chi connectivity index (χ1n) is 5.93. The lowest BCUT2D eigenvalue weighted by molar-refractivity contribution is -0.384. The molecule has 1 atom stereocenters. The van der Waals surface area contributed by atoms with E-state index in [2.05, 4.69) is 10.6 Å². The summed E-state index contributed by atoms with van der Waals surface area (Å²) in [7, 11) is 0. The van der Waals surface area contributed by atoms with Gasteiger partial charge in [0.15, 0.2) is 0 Å². The number of rotatable bonds is 4. The zero-order valence-electron chi connectivity index (χ0n) is 10.3. The van der Waals surface area contributed by atoms with Gasteiger partial charge >= 0.3 is 0 Å². The maximum Gasteiger partial charge on any atom is 0.270 e. The number of carbonyl (C=O) groups is 1. The third kappa shape index (κ3) is 4.18. The zero-order valence-corrected chi connectivity index (χ0v) is 11.1. The Morgan fingerprint density at radius 1 is 1.53 bits per heavy atom. The van der Waals surface area contributed by atoms with Crippen molar-refractivity contribution in [1.29, 1.82) is 0 Å². The normalized spacial score (nSPS) is 17.6. The standard InChI is InChI=1S/C12H15N3O3.ClH/c16-12(14-8-10-4-2-6-13-10)9-3-1-5-11(7-9)15(17)18;/h1,3,5,7,10,13H,2,4,6,8H2,(H,14,16);1H. The lowest BCUT2D eigenvalue weighted by Gasteiger charge is -2.11. The number of hydrogen-bond donors (Lipinski definition) is 2. The third-order valence-corrected chi connectivity index (χ3v) is 2.99. The molecule has 2 N–H and O–H groups in total. The molecule has 19 heavy (non-hydrogen) atoms. The van der Waals surface area contributed by atoms with Gasteiger partial charge in [0, 0.05) is 30.3 Å². The minimum atomic E-state index is -0.505. The van der Waals surface area contributed by atoms with Gasteiger partial charge in [-0.1, -0.05) is 6.07 Å². The monoisotopic (exact) mass is 285 g/mol. The molecule has 1 aliphatic heterocycles. The van der Waals surface area contributed by atoms with Crippen LogP contribution in [0.15, 0.2) is 24.3 Å². The van der Waals surface area contributed by atoms with Gasteiger partial charge in [0.25, 0.3) is 11.6 Å². The minimum absolute atomic E-state index is 0. The van der Waals surface area contributed by atoms with E-state index in [1.807, 2.05) is 0 Å². The molecule has 0 aromatic heterocycles. The molecule has 0 radical (unpaired) electrons. The predicted molar refractivity (Wildman–Crippen MR) is 73.7 cm³/mol. The Morgan fingerprint density at radius 2 is 2.32 bits per heavy atom. The Hall–Kier alpha value is -1.66. The Bertz CT molecular complexity index is 461. The zero-order chi connectivity index (χ0) is 13.0. The van der Waals surface area contributed by atoms with Gasteiger partial charge in [-0.05, 0) is 25.5 Å². The van der Waals surface area contributed by atoms with E-state index in [4.69, 9.17) is 0 Å². The third-order valence-electron chi connectivity index (χ3n) is 2.99. The average molecular weight is 286 g/mol. The number of benzene rings is 1. The van der Waals surface area contributed by atoms with Crippen LogP contribution in [0, 0.1) is 10.1 Å². The van der Waals surface area contributed by atoms with E-state index >= 15 is 0 Å². The van der Waals surface area contributed by atoms with Crippen molar-refractivity contribution in [2.45, 2.75) is 18.9 Å². The lowest BCUT2D eigenvalue weighted by Crippen LogP contribution is -2.37. The molecule has 1 unspecified atom stereocenters. The number of nitro groups is 1. The van der Waals surface area contributed by atoms with Crippen molar-refractivity contribution in [2.24, 2.45) is 0 Å². The van der Waals surface area contributed by atoms with Gasteiger partial charge in [-0.3, -0.25) is 14.9 Å². The molecule has 1 aromatic carbocycles. The number of halogens is 1. The summed E-state index contributed by atoms with van der Waals surface area (Å²) >= 11 is 0. The van der Waals surface area contributed by atoms with E-state index in [1.165, 1.54) is 18.2 Å². The van der Waals surface area contributed by atoms with Crippen molar-refractivity contribution < 1.29 is 9.72 Å². The second-order valence-corrected chi connectivity index (χ2v) is 4.31. The van der Waals surface area contributed by atoms with Crippen LogP contribution in [-0.4, -0.2) is 30.0 Å². The topological polar surface area (TPSA) is 84.3 Å². The minimum Gasteiger partial charge on any atom is -0.350 e. The molecule has 1 aromatic rings. The largest absolute Gasteiger partial charge is 0.350 e. The summed E-state index contributed by atoms with van der Waals surface area (Å²) < 4.78 is 0.